The first-order chi connectivity index (χ1) is 9.02. The van der Waals surface area contributed by atoms with Crippen molar-refractivity contribution in [2.75, 3.05) is 13.1 Å². The van der Waals surface area contributed by atoms with Crippen molar-refractivity contribution in [1.82, 2.24) is 15.2 Å². The standard InChI is InChI=1S/C16H29N3/c1-6-19(14(4)5)12-16-8-7-15(11-18-16)10-17-9-13(2)3/h7-8,11,13-14,17H,6,9-10,12H2,1-5H3. The van der Waals surface area contributed by atoms with E-state index in [0.717, 1.165) is 31.9 Å². The van der Waals surface area contributed by atoms with E-state index in [2.05, 4.69) is 62.0 Å². The summed E-state index contributed by atoms with van der Waals surface area (Å²) >= 11 is 0. The van der Waals surface area contributed by atoms with Crippen LogP contribution < -0.4 is 5.32 Å². The number of nitrogens with zero attached hydrogens (tertiary/aromatic N) is 2. The van der Waals surface area contributed by atoms with E-state index in [1.807, 2.05) is 6.20 Å². The molecule has 3 nitrogen and oxygen atoms in total. The Hall–Kier alpha value is -0.930. The highest BCUT2D eigenvalue weighted by molar-refractivity contribution is 5.14. The second kappa shape index (κ2) is 8.28. The third-order valence-electron chi connectivity index (χ3n) is 3.27. The maximum atomic E-state index is 4.56. The van der Waals surface area contributed by atoms with Crippen LogP contribution in [0.3, 0.4) is 0 Å². The minimum atomic E-state index is 0.569. The molecule has 1 heterocycles. The van der Waals surface area contributed by atoms with Crippen LogP contribution in [0.1, 0.15) is 45.9 Å². The maximum absolute atomic E-state index is 4.56. The fraction of sp³-hybridized carbons (Fsp3) is 0.688. The number of hydrogen-bond acceptors (Lipinski definition) is 3. The first-order valence-electron chi connectivity index (χ1n) is 7.41. The van der Waals surface area contributed by atoms with Crippen molar-refractivity contribution in [2.24, 2.45) is 5.92 Å². The van der Waals surface area contributed by atoms with Crippen molar-refractivity contribution < 1.29 is 0 Å². The molecule has 0 aliphatic carbocycles. The second-order valence-corrected chi connectivity index (χ2v) is 5.84. The van der Waals surface area contributed by atoms with E-state index in [1.54, 1.807) is 0 Å². The summed E-state index contributed by atoms with van der Waals surface area (Å²) < 4.78 is 0. The summed E-state index contributed by atoms with van der Waals surface area (Å²) in [4.78, 5) is 6.98. The summed E-state index contributed by atoms with van der Waals surface area (Å²) in [6.07, 6.45) is 2.00. The van der Waals surface area contributed by atoms with E-state index in [4.69, 9.17) is 0 Å². The SMILES string of the molecule is CCN(Cc1ccc(CNCC(C)C)cn1)C(C)C. The quantitative estimate of drug-likeness (QED) is 0.781. The molecule has 0 amide bonds. The van der Waals surface area contributed by atoms with Crippen LogP contribution >= 0.6 is 0 Å². The zero-order valence-electron chi connectivity index (χ0n) is 13.1. The van der Waals surface area contributed by atoms with Gasteiger partial charge in [0.1, 0.15) is 0 Å². The Morgan fingerprint density at radius 1 is 1.21 bits per heavy atom. The zero-order chi connectivity index (χ0) is 14.3. The summed E-state index contributed by atoms with van der Waals surface area (Å²) in [7, 11) is 0. The average Bonchev–Trinajstić information content (AvgIpc) is 2.37. The lowest BCUT2D eigenvalue weighted by Crippen LogP contribution is -2.30. The van der Waals surface area contributed by atoms with Crippen molar-refractivity contribution in [2.45, 2.75) is 53.8 Å². The van der Waals surface area contributed by atoms with Gasteiger partial charge in [-0.1, -0.05) is 26.8 Å². The third kappa shape index (κ3) is 6.17. The van der Waals surface area contributed by atoms with Gasteiger partial charge in [-0.25, -0.2) is 0 Å². The molecular formula is C16H29N3. The molecule has 0 aliphatic heterocycles. The van der Waals surface area contributed by atoms with Gasteiger partial charge in [-0.3, -0.25) is 9.88 Å². The maximum Gasteiger partial charge on any atom is 0.0544 e. The molecular weight excluding hydrogens is 234 g/mol. The van der Waals surface area contributed by atoms with E-state index in [-0.39, 0.29) is 0 Å². The Kier molecular flexibility index (Phi) is 7.03. The van der Waals surface area contributed by atoms with Gasteiger partial charge in [-0.05, 0) is 44.5 Å². The molecule has 0 aromatic carbocycles. The zero-order valence-corrected chi connectivity index (χ0v) is 13.1. The van der Waals surface area contributed by atoms with Gasteiger partial charge in [0.15, 0.2) is 0 Å². The molecule has 1 aromatic heterocycles. The molecule has 0 saturated carbocycles. The summed E-state index contributed by atoms with van der Waals surface area (Å²) in [6.45, 7) is 15.1. The van der Waals surface area contributed by atoms with E-state index >= 15 is 0 Å². The Bertz CT molecular complexity index is 344. The Labute approximate surface area is 118 Å². The molecule has 0 aliphatic rings. The number of rotatable bonds is 8. The van der Waals surface area contributed by atoms with Crippen LogP contribution in [0.25, 0.3) is 0 Å². The van der Waals surface area contributed by atoms with Gasteiger partial charge in [0.2, 0.25) is 0 Å². The molecule has 0 fully saturated rings. The second-order valence-electron chi connectivity index (χ2n) is 5.84. The molecule has 19 heavy (non-hydrogen) atoms. The van der Waals surface area contributed by atoms with Crippen LogP contribution in [0, 0.1) is 5.92 Å². The number of hydrogen-bond donors (Lipinski definition) is 1. The normalized spacial score (nSPS) is 11.8. The fourth-order valence-corrected chi connectivity index (χ4v) is 2.03. The predicted octanol–water partition coefficient (Wildman–Crippen LogP) is 3.06. The first-order valence-corrected chi connectivity index (χ1v) is 7.41. The molecule has 0 radical (unpaired) electrons. The van der Waals surface area contributed by atoms with Crippen molar-refractivity contribution in [3.8, 4) is 0 Å². The summed E-state index contributed by atoms with van der Waals surface area (Å²) in [6, 6.07) is 4.90. The van der Waals surface area contributed by atoms with Gasteiger partial charge in [0.05, 0.1) is 5.69 Å². The van der Waals surface area contributed by atoms with Crippen molar-refractivity contribution in [3.63, 3.8) is 0 Å². The molecule has 1 N–H and O–H groups in total. The van der Waals surface area contributed by atoms with Crippen LogP contribution in [-0.2, 0) is 13.1 Å². The predicted molar refractivity (Wildman–Crippen MR) is 82.0 cm³/mol. The van der Waals surface area contributed by atoms with E-state index in [9.17, 15) is 0 Å². The Morgan fingerprint density at radius 2 is 1.95 bits per heavy atom. The smallest absolute Gasteiger partial charge is 0.0544 e. The lowest BCUT2D eigenvalue weighted by atomic mass is 10.2. The minimum Gasteiger partial charge on any atom is -0.312 e. The number of nitrogens with one attached hydrogen (secondary N) is 1. The molecule has 0 saturated heterocycles. The van der Waals surface area contributed by atoms with Gasteiger partial charge in [0, 0.05) is 25.3 Å². The molecule has 0 atom stereocenters. The van der Waals surface area contributed by atoms with E-state index in [0.29, 0.717) is 12.0 Å². The fourth-order valence-electron chi connectivity index (χ4n) is 2.03. The molecule has 0 unspecified atom stereocenters. The Balaban J connectivity index is 2.47. The number of pyridine rings is 1. The van der Waals surface area contributed by atoms with Crippen LogP contribution in [0.4, 0.5) is 0 Å². The lowest BCUT2D eigenvalue weighted by Gasteiger charge is -2.24. The van der Waals surface area contributed by atoms with Gasteiger partial charge in [-0.15, -0.1) is 0 Å². The highest BCUT2D eigenvalue weighted by Gasteiger charge is 2.08. The lowest BCUT2D eigenvalue weighted by molar-refractivity contribution is 0.222. The van der Waals surface area contributed by atoms with Crippen molar-refractivity contribution in [3.05, 3.63) is 29.6 Å². The summed E-state index contributed by atoms with van der Waals surface area (Å²) in [5, 5.41) is 3.44. The summed E-state index contributed by atoms with van der Waals surface area (Å²) in [5.41, 5.74) is 2.42. The first kappa shape index (κ1) is 16.1. The molecule has 1 aromatic rings. The van der Waals surface area contributed by atoms with Crippen LogP contribution in [0.15, 0.2) is 18.3 Å². The summed E-state index contributed by atoms with van der Waals surface area (Å²) in [5.74, 6) is 0.691. The molecule has 0 spiro atoms. The van der Waals surface area contributed by atoms with E-state index < -0.39 is 0 Å². The van der Waals surface area contributed by atoms with Crippen LogP contribution in [0.2, 0.25) is 0 Å². The van der Waals surface area contributed by atoms with Gasteiger partial charge >= 0.3 is 0 Å². The van der Waals surface area contributed by atoms with Crippen molar-refractivity contribution in [1.29, 1.82) is 0 Å². The van der Waals surface area contributed by atoms with Crippen LogP contribution in [0.5, 0.6) is 0 Å². The Morgan fingerprint density at radius 3 is 2.42 bits per heavy atom. The topological polar surface area (TPSA) is 28.2 Å². The molecule has 1 rings (SSSR count). The minimum absolute atomic E-state index is 0.569. The molecule has 108 valence electrons. The largest absolute Gasteiger partial charge is 0.312 e. The molecule has 0 bridgehead atoms. The van der Waals surface area contributed by atoms with Crippen LogP contribution in [-0.4, -0.2) is 29.0 Å². The van der Waals surface area contributed by atoms with Gasteiger partial charge < -0.3 is 5.32 Å². The highest BCUT2D eigenvalue weighted by atomic mass is 15.1. The highest BCUT2D eigenvalue weighted by Crippen LogP contribution is 2.07. The number of aromatic nitrogens is 1. The molecule has 3 heteroatoms. The van der Waals surface area contributed by atoms with Crippen molar-refractivity contribution >= 4 is 0 Å². The average molecular weight is 263 g/mol. The van der Waals surface area contributed by atoms with E-state index in [1.165, 1.54) is 5.56 Å². The van der Waals surface area contributed by atoms with Gasteiger partial charge in [0.25, 0.3) is 0 Å². The van der Waals surface area contributed by atoms with Gasteiger partial charge in [-0.2, -0.15) is 0 Å². The third-order valence-corrected chi connectivity index (χ3v) is 3.27. The monoisotopic (exact) mass is 263 g/mol.